The molecule has 1 atom stereocenters. The van der Waals surface area contributed by atoms with Crippen LogP contribution in [0.25, 0.3) is 0 Å². The van der Waals surface area contributed by atoms with Gasteiger partial charge in [-0.2, -0.15) is 0 Å². The van der Waals surface area contributed by atoms with Gasteiger partial charge in [0.15, 0.2) is 0 Å². The highest BCUT2D eigenvalue weighted by Gasteiger charge is 2.08. The van der Waals surface area contributed by atoms with Gasteiger partial charge in [0.05, 0.1) is 0 Å². The summed E-state index contributed by atoms with van der Waals surface area (Å²) in [5, 5.41) is 23.9. The van der Waals surface area contributed by atoms with Gasteiger partial charge in [0, 0.05) is 12.2 Å². The highest BCUT2D eigenvalue weighted by atomic mass is 16.4. The van der Waals surface area contributed by atoms with E-state index < -0.39 is 23.9 Å². The second-order valence-electron chi connectivity index (χ2n) is 2.89. The van der Waals surface area contributed by atoms with Crippen molar-refractivity contribution in [3.8, 4) is 0 Å². The summed E-state index contributed by atoms with van der Waals surface area (Å²) in [6, 6.07) is -0.742. The number of aliphatic carboxylic acids is 3. The van der Waals surface area contributed by atoms with Crippen molar-refractivity contribution in [2.24, 2.45) is 11.5 Å². The molecule has 17 heavy (non-hydrogen) atoms. The second-order valence-corrected chi connectivity index (χ2v) is 2.89. The molecule has 8 nitrogen and oxygen atoms in total. The van der Waals surface area contributed by atoms with Gasteiger partial charge in [-0.25, -0.2) is 9.59 Å². The lowest BCUT2D eigenvalue weighted by atomic mass is 10.2. The van der Waals surface area contributed by atoms with Crippen LogP contribution in [0.2, 0.25) is 0 Å². The molecule has 0 radical (unpaired) electrons. The number of hydrogen-bond acceptors (Lipinski definition) is 5. The minimum Gasteiger partial charge on any atom is -0.480 e. The highest BCUT2D eigenvalue weighted by molar-refractivity contribution is 5.89. The van der Waals surface area contributed by atoms with E-state index in [4.69, 9.17) is 26.8 Å². The zero-order chi connectivity index (χ0) is 13.8. The smallest absolute Gasteiger partial charge is 0.328 e. The quantitative estimate of drug-likeness (QED) is 0.367. The third-order valence-electron chi connectivity index (χ3n) is 1.40. The Kier molecular flexibility index (Phi) is 10.9. The van der Waals surface area contributed by atoms with Crippen molar-refractivity contribution in [3.63, 3.8) is 0 Å². The van der Waals surface area contributed by atoms with Crippen LogP contribution in [0.4, 0.5) is 0 Å². The third kappa shape index (κ3) is 16.7. The standard InChI is InChI=1S/C5H12N2O2.C4H4O4/c6-3-1-2-4(7)5(8)9;5-3(6)1-2-4(7)8/h4H,1-3,6-7H2,(H,8,9);1-2H,(H,5,6)(H,7,8)/b;2-1+/t4-;/m0./s1. The molecule has 7 N–H and O–H groups in total. The first kappa shape index (κ1) is 17.5. The van der Waals surface area contributed by atoms with Gasteiger partial charge in [-0.1, -0.05) is 0 Å². The zero-order valence-electron chi connectivity index (χ0n) is 9.07. The third-order valence-corrected chi connectivity index (χ3v) is 1.40. The van der Waals surface area contributed by atoms with Crippen LogP contribution in [0.3, 0.4) is 0 Å². The average molecular weight is 248 g/mol. The number of carboxylic acids is 3. The van der Waals surface area contributed by atoms with Crippen LogP contribution in [0.15, 0.2) is 12.2 Å². The summed E-state index contributed by atoms with van der Waals surface area (Å²) < 4.78 is 0. The molecule has 8 heteroatoms. The molecule has 0 heterocycles. The molecule has 98 valence electrons. The minimum absolute atomic E-state index is 0.464. The molecule has 0 spiro atoms. The second kappa shape index (κ2) is 10.6. The van der Waals surface area contributed by atoms with E-state index in [9.17, 15) is 14.4 Å². The van der Waals surface area contributed by atoms with E-state index in [0.717, 1.165) is 0 Å². The number of hydrogen-bond donors (Lipinski definition) is 5. The molecule has 0 fully saturated rings. The fraction of sp³-hybridized carbons (Fsp3) is 0.444. The van der Waals surface area contributed by atoms with Gasteiger partial charge in [0.2, 0.25) is 0 Å². The molecule has 0 aliphatic carbocycles. The number of nitrogens with two attached hydrogens (primary N) is 2. The Morgan fingerprint density at radius 1 is 1.06 bits per heavy atom. The highest BCUT2D eigenvalue weighted by Crippen LogP contribution is 1.91. The molecule has 0 bridgehead atoms. The molecule has 0 aliphatic heterocycles. The molecule has 0 aromatic rings. The Labute approximate surface area is 97.5 Å². The predicted octanol–water partition coefficient (Wildman–Crippen LogP) is -1.15. The van der Waals surface area contributed by atoms with Crippen molar-refractivity contribution in [1.82, 2.24) is 0 Å². The molecule has 0 unspecified atom stereocenters. The first-order valence-corrected chi connectivity index (χ1v) is 4.63. The summed E-state index contributed by atoms with van der Waals surface area (Å²) in [4.78, 5) is 29.1. The van der Waals surface area contributed by atoms with Gasteiger partial charge >= 0.3 is 17.9 Å². The van der Waals surface area contributed by atoms with E-state index in [1.54, 1.807) is 0 Å². The van der Waals surface area contributed by atoms with Gasteiger partial charge in [-0.3, -0.25) is 4.79 Å². The summed E-state index contributed by atoms with van der Waals surface area (Å²) in [5.41, 5.74) is 10.3. The van der Waals surface area contributed by atoms with Crippen LogP contribution in [0.5, 0.6) is 0 Å². The summed E-state index contributed by atoms with van der Waals surface area (Å²) in [6.45, 7) is 0.501. The summed E-state index contributed by atoms with van der Waals surface area (Å²) >= 11 is 0. The maximum atomic E-state index is 10.0. The lowest BCUT2D eigenvalue weighted by Gasteiger charge is -2.02. The van der Waals surface area contributed by atoms with Crippen LogP contribution in [-0.4, -0.2) is 45.8 Å². The first-order chi connectivity index (χ1) is 7.81. The van der Waals surface area contributed by atoms with Crippen molar-refractivity contribution in [2.45, 2.75) is 18.9 Å². The van der Waals surface area contributed by atoms with Gasteiger partial charge < -0.3 is 26.8 Å². The van der Waals surface area contributed by atoms with Crippen LogP contribution in [0.1, 0.15) is 12.8 Å². The van der Waals surface area contributed by atoms with E-state index in [1.807, 2.05) is 0 Å². The summed E-state index contributed by atoms with van der Waals surface area (Å²) in [7, 11) is 0. The first-order valence-electron chi connectivity index (χ1n) is 4.63. The van der Waals surface area contributed by atoms with E-state index in [2.05, 4.69) is 0 Å². The van der Waals surface area contributed by atoms with Gasteiger partial charge in [0.1, 0.15) is 6.04 Å². The lowest BCUT2D eigenvalue weighted by Crippen LogP contribution is -2.30. The fourth-order valence-corrected chi connectivity index (χ4v) is 0.604. The SMILES string of the molecule is NCCC[C@H](N)C(=O)O.O=C(O)/C=C/C(=O)O. The van der Waals surface area contributed by atoms with Crippen molar-refractivity contribution in [3.05, 3.63) is 12.2 Å². The number of carboxylic acid groups (broad SMARTS) is 3. The Morgan fingerprint density at radius 2 is 1.47 bits per heavy atom. The molecule has 0 saturated heterocycles. The zero-order valence-corrected chi connectivity index (χ0v) is 9.07. The Bertz CT molecular complexity index is 273. The van der Waals surface area contributed by atoms with Crippen LogP contribution in [-0.2, 0) is 14.4 Å². The molecular formula is C9H16N2O6. The Hall–Kier alpha value is -1.93. The molecule has 0 rings (SSSR count). The minimum atomic E-state index is -1.26. The van der Waals surface area contributed by atoms with Crippen molar-refractivity contribution >= 4 is 17.9 Å². The largest absolute Gasteiger partial charge is 0.480 e. The Morgan fingerprint density at radius 3 is 1.71 bits per heavy atom. The average Bonchev–Trinajstić information content (AvgIpc) is 2.23. The number of carbonyl (C=O) groups is 3. The van der Waals surface area contributed by atoms with Gasteiger partial charge in [-0.15, -0.1) is 0 Å². The number of rotatable bonds is 6. The fourth-order valence-electron chi connectivity index (χ4n) is 0.604. The normalized spacial score (nSPS) is 11.4. The predicted molar refractivity (Wildman–Crippen MR) is 58.3 cm³/mol. The van der Waals surface area contributed by atoms with Crippen LogP contribution in [0, 0.1) is 0 Å². The monoisotopic (exact) mass is 248 g/mol. The van der Waals surface area contributed by atoms with Crippen molar-refractivity contribution < 1.29 is 29.7 Å². The van der Waals surface area contributed by atoms with Crippen molar-refractivity contribution in [1.29, 1.82) is 0 Å². The maximum absolute atomic E-state index is 10.0. The van der Waals surface area contributed by atoms with Crippen LogP contribution < -0.4 is 11.5 Å². The summed E-state index contributed by atoms with van der Waals surface area (Å²) in [5.74, 6) is -3.47. The summed E-state index contributed by atoms with van der Waals surface area (Å²) in [6.07, 6.45) is 2.25. The van der Waals surface area contributed by atoms with Gasteiger partial charge in [0.25, 0.3) is 0 Å². The molecule has 0 aromatic carbocycles. The van der Waals surface area contributed by atoms with E-state index in [0.29, 0.717) is 31.5 Å². The van der Waals surface area contributed by atoms with Gasteiger partial charge in [-0.05, 0) is 19.4 Å². The molecular weight excluding hydrogens is 232 g/mol. The molecule has 0 aromatic heterocycles. The molecule has 0 saturated carbocycles. The van der Waals surface area contributed by atoms with Crippen LogP contribution >= 0.6 is 0 Å². The molecule has 0 aliphatic rings. The lowest BCUT2D eigenvalue weighted by molar-refractivity contribution is -0.138. The van der Waals surface area contributed by atoms with E-state index in [-0.39, 0.29) is 0 Å². The maximum Gasteiger partial charge on any atom is 0.328 e. The van der Waals surface area contributed by atoms with E-state index in [1.165, 1.54) is 0 Å². The van der Waals surface area contributed by atoms with Crippen molar-refractivity contribution in [2.75, 3.05) is 6.54 Å². The van der Waals surface area contributed by atoms with E-state index >= 15 is 0 Å². The Balaban J connectivity index is 0. The molecule has 0 amide bonds. The topological polar surface area (TPSA) is 164 Å².